The van der Waals surface area contributed by atoms with Crippen LogP contribution in [-0.4, -0.2) is 18.0 Å². The van der Waals surface area contributed by atoms with Crippen LogP contribution < -0.4 is 0 Å². The standard InChI is InChI=1S/C12H16N2/c13-9-5-2-1-3-6-10-14-11-7-4-8-12-14/h1-3,5-6,10H,4,7-8,11-12H2/b3-1-,5-2-,10-6-. The number of likely N-dealkylation sites (tertiary alicyclic amines) is 1. The van der Waals surface area contributed by atoms with E-state index in [4.69, 9.17) is 5.26 Å². The van der Waals surface area contributed by atoms with Crippen molar-refractivity contribution in [2.45, 2.75) is 19.3 Å². The predicted octanol–water partition coefficient (Wildman–Crippen LogP) is 2.62. The molecule has 0 radical (unpaired) electrons. The Kier molecular flexibility index (Phi) is 5.27. The fraction of sp³-hybridized carbons (Fsp3) is 0.417. The second-order valence-corrected chi connectivity index (χ2v) is 3.31. The number of nitrogens with zero attached hydrogens (tertiary/aromatic N) is 2. The van der Waals surface area contributed by atoms with Crippen molar-refractivity contribution in [3.05, 3.63) is 36.6 Å². The fourth-order valence-corrected chi connectivity index (χ4v) is 1.47. The first-order chi connectivity index (χ1) is 6.93. The van der Waals surface area contributed by atoms with Crippen LogP contribution in [0.1, 0.15) is 19.3 Å². The molecule has 1 fully saturated rings. The molecular formula is C12H16N2. The summed E-state index contributed by atoms with van der Waals surface area (Å²) >= 11 is 0. The van der Waals surface area contributed by atoms with Crippen molar-refractivity contribution in [1.82, 2.24) is 4.90 Å². The van der Waals surface area contributed by atoms with Gasteiger partial charge in [0, 0.05) is 19.2 Å². The Balaban J connectivity index is 2.22. The molecule has 0 unspecified atom stereocenters. The Morgan fingerprint density at radius 1 is 0.929 bits per heavy atom. The van der Waals surface area contributed by atoms with Gasteiger partial charge in [0.1, 0.15) is 0 Å². The zero-order valence-electron chi connectivity index (χ0n) is 8.39. The molecule has 0 spiro atoms. The lowest BCUT2D eigenvalue weighted by Gasteiger charge is -2.24. The Morgan fingerprint density at radius 2 is 1.64 bits per heavy atom. The number of piperidine rings is 1. The van der Waals surface area contributed by atoms with Crippen molar-refractivity contribution < 1.29 is 0 Å². The minimum absolute atomic E-state index is 1.18. The van der Waals surface area contributed by atoms with E-state index < -0.39 is 0 Å². The highest BCUT2D eigenvalue weighted by Crippen LogP contribution is 2.08. The summed E-state index contributed by atoms with van der Waals surface area (Å²) in [5, 5.41) is 8.23. The van der Waals surface area contributed by atoms with Crippen LogP contribution in [0.5, 0.6) is 0 Å². The van der Waals surface area contributed by atoms with Crippen LogP contribution in [0, 0.1) is 11.3 Å². The molecule has 0 aromatic carbocycles. The molecule has 0 saturated carbocycles. The summed E-state index contributed by atoms with van der Waals surface area (Å²) < 4.78 is 0. The van der Waals surface area contributed by atoms with Crippen LogP contribution in [0.4, 0.5) is 0 Å². The molecule has 0 aromatic rings. The largest absolute Gasteiger partial charge is 0.377 e. The lowest BCUT2D eigenvalue weighted by molar-refractivity contribution is 0.309. The smallest absolute Gasteiger partial charge is 0.0912 e. The van der Waals surface area contributed by atoms with E-state index in [1.165, 1.54) is 38.4 Å². The van der Waals surface area contributed by atoms with Gasteiger partial charge in [-0.05, 0) is 31.5 Å². The van der Waals surface area contributed by atoms with Gasteiger partial charge in [0.25, 0.3) is 0 Å². The van der Waals surface area contributed by atoms with Gasteiger partial charge < -0.3 is 4.90 Å². The van der Waals surface area contributed by atoms with Gasteiger partial charge in [-0.3, -0.25) is 0 Å². The van der Waals surface area contributed by atoms with Gasteiger partial charge >= 0.3 is 0 Å². The van der Waals surface area contributed by atoms with Crippen LogP contribution in [0.2, 0.25) is 0 Å². The van der Waals surface area contributed by atoms with E-state index in [0.29, 0.717) is 0 Å². The van der Waals surface area contributed by atoms with Crippen molar-refractivity contribution in [3.63, 3.8) is 0 Å². The zero-order valence-corrected chi connectivity index (χ0v) is 8.39. The van der Waals surface area contributed by atoms with Crippen LogP contribution in [-0.2, 0) is 0 Å². The molecule has 0 N–H and O–H groups in total. The normalized spacial score (nSPS) is 18.4. The minimum atomic E-state index is 1.18. The van der Waals surface area contributed by atoms with Gasteiger partial charge in [0.2, 0.25) is 0 Å². The van der Waals surface area contributed by atoms with Gasteiger partial charge in [-0.1, -0.05) is 18.2 Å². The highest BCUT2D eigenvalue weighted by Gasteiger charge is 2.03. The van der Waals surface area contributed by atoms with E-state index in [1.54, 1.807) is 6.08 Å². The number of rotatable bonds is 3. The van der Waals surface area contributed by atoms with E-state index in [9.17, 15) is 0 Å². The lowest BCUT2D eigenvalue weighted by atomic mass is 10.1. The summed E-state index contributed by atoms with van der Waals surface area (Å²) in [5.41, 5.74) is 0. The number of allylic oxidation sites excluding steroid dienone is 5. The van der Waals surface area contributed by atoms with Crippen LogP contribution in [0.25, 0.3) is 0 Å². The molecule has 0 atom stereocenters. The number of hydrogen-bond acceptors (Lipinski definition) is 2. The first kappa shape index (κ1) is 10.6. The SMILES string of the molecule is N#C\C=C/C=C\C=C/N1CCCCC1. The van der Waals surface area contributed by atoms with Gasteiger partial charge in [0.15, 0.2) is 0 Å². The van der Waals surface area contributed by atoms with Crippen molar-refractivity contribution in [2.24, 2.45) is 0 Å². The molecule has 0 bridgehead atoms. The third-order valence-electron chi connectivity index (χ3n) is 2.19. The topological polar surface area (TPSA) is 27.0 Å². The summed E-state index contributed by atoms with van der Waals surface area (Å²) in [6.45, 7) is 2.36. The van der Waals surface area contributed by atoms with Crippen molar-refractivity contribution in [1.29, 1.82) is 5.26 Å². The summed E-state index contributed by atoms with van der Waals surface area (Å²) in [4.78, 5) is 2.34. The Labute approximate surface area is 85.8 Å². The summed E-state index contributed by atoms with van der Waals surface area (Å²) in [7, 11) is 0. The second kappa shape index (κ2) is 6.97. The van der Waals surface area contributed by atoms with Crippen LogP contribution in [0.3, 0.4) is 0 Å². The van der Waals surface area contributed by atoms with Crippen molar-refractivity contribution >= 4 is 0 Å². The second-order valence-electron chi connectivity index (χ2n) is 3.31. The van der Waals surface area contributed by atoms with E-state index in [1.807, 2.05) is 24.3 Å². The third kappa shape index (κ3) is 4.51. The number of hydrogen-bond donors (Lipinski definition) is 0. The Bertz CT molecular complexity index is 263. The molecule has 2 heteroatoms. The lowest BCUT2D eigenvalue weighted by Crippen LogP contribution is -2.23. The zero-order chi connectivity index (χ0) is 10.1. The van der Waals surface area contributed by atoms with Gasteiger partial charge in [-0.15, -0.1) is 0 Å². The van der Waals surface area contributed by atoms with E-state index in [0.717, 1.165) is 0 Å². The third-order valence-corrected chi connectivity index (χ3v) is 2.19. The average Bonchev–Trinajstić information content (AvgIpc) is 2.25. The maximum Gasteiger partial charge on any atom is 0.0912 e. The first-order valence-electron chi connectivity index (χ1n) is 5.07. The quantitative estimate of drug-likeness (QED) is 0.503. The molecule has 0 aliphatic carbocycles. The van der Waals surface area contributed by atoms with E-state index >= 15 is 0 Å². The molecule has 14 heavy (non-hydrogen) atoms. The molecule has 1 heterocycles. The highest BCUT2D eigenvalue weighted by molar-refractivity contribution is 5.15. The molecule has 0 amide bonds. The maximum absolute atomic E-state index is 8.23. The van der Waals surface area contributed by atoms with Gasteiger partial charge in [-0.25, -0.2) is 0 Å². The Morgan fingerprint density at radius 3 is 2.36 bits per heavy atom. The van der Waals surface area contributed by atoms with Crippen molar-refractivity contribution in [3.8, 4) is 6.07 Å². The molecular weight excluding hydrogens is 172 g/mol. The van der Waals surface area contributed by atoms with Crippen molar-refractivity contribution in [2.75, 3.05) is 13.1 Å². The molecule has 0 aromatic heterocycles. The summed E-state index contributed by atoms with van der Waals surface area (Å²) in [5.74, 6) is 0. The monoisotopic (exact) mass is 188 g/mol. The highest BCUT2D eigenvalue weighted by atomic mass is 15.1. The fourth-order valence-electron chi connectivity index (χ4n) is 1.47. The first-order valence-corrected chi connectivity index (χ1v) is 5.07. The molecule has 1 saturated heterocycles. The Hall–Kier alpha value is -1.49. The van der Waals surface area contributed by atoms with Gasteiger partial charge in [0.05, 0.1) is 6.07 Å². The molecule has 74 valence electrons. The average molecular weight is 188 g/mol. The summed E-state index contributed by atoms with van der Waals surface area (Å²) in [6.07, 6.45) is 15.1. The minimum Gasteiger partial charge on any atom is -0.377 e. The predicted molar refractivity (Wildman–Crippen MR) is 58.5 cm³/mol. The molecule has 2 nitrogen and oxygen atoms in total. The maximum atomic E-state index is 8.23. The molecule has 1 aliphatic heterocycles. The van der Waals surface area contributed by atoms with Gasteiger partial charge in [-0.2, -0.15) is 5.26 Å². The van der Waals surface area contributed by atoms with Crippen LogP contribution >= 0.6 is 0 Å². The molecule has 1 rings (SSSR count). The summed E-state index contributed by atoms with van der Waals surface area (Å²) in [6, 6.07) is 1.94. The number of nitriles is 1. The molecule has 1 aliphatic rings. The van der Waals surface area contributed by atoms with E-state index in [2.05, 4.69) is 11.1 Å². The van der Waals surface area contributed by atoms with Crippen LogP contribution in [0.15, 0.2) is 36.6 Å². The van der Waals surface area contributed by atoms with E-state index in [-0.39, 0.29) is 0 Å².